The highest BCUT2D eigenvalue weighted by atomic mass is 16.4. The van der Waals surface area contributed by atoms with Gasteiger partial charge in [0.2, 0.25) is 0 Å². The van der Waals surface area contributed by atoms with E-state index in [9.17, 15) is 34.5 Å². The number of aryl methyl sites for hydroxylation is 1. The van der Waals surface area contributed by atoms with Crippen molar-refractivity contribution in [3.05, 3.63) is 94.7 Å². The number of rotatable bonds is 7. The summed E-state index contributed by atoms with van der Waals surface area (Å²) in [4.78, 5) is 51.1. The molecular weight excluding hydrogens is 480 g/mol. The van der Waals surface area contributed by atoms with Crippen molar-refractivity contribution in [1.82, 2.24) is 4.98 Å². The number of carbonyl (C=O) groups excluding carboxylic acids is 1. The third-order valence-corrected chi connectivity index (χ3v) is 5.70. The number of aromatic hydroxyl groups is 1. The molecular formula is C27H20N2O8. The van der Waals surface area contributed by atoms with Gasteiger partial charge in [0, 0.05) is 17.5 Å². The van der Waals surface area contributed by atoms with E-state index in [2.05, 4.69) is 10.3 Å². The van der Waals surface area contributed by atoms with Crippen molar-refractivity contribution < 1.29 is 39.6 Å². The van der Waals surface area contributed by atoms with Gasteiger partial charge in [-0.05, 0) is 53.9 Å². The van der Waals surface area contributed by atoms with E-state index in [-0.39, 0.29) is 11.3 Å². The maximum absolute atomic E-state index is 13.1. The van der Waals surface area contributed by atoms with Crippen LogP contribution in [0.4, 0.5) is 5.69 Å². The molecule has 0 aliphatic carbocycles. The summed E-state index contributed by atoms with van der Waals surface area (Å²) in [5, 5.41) is 40.7. The van der Waals surface area contributed by atoms with E-state index >= 15 is 0 Å². The quantitative estimate of drug-likeness (QED) is 0.211. The molecule has 0 saturated heterocycles. The van der Waals surface area contributed by atoms with Crippen molar-refractivity contribution >= 4 is 29.5 Å². The molecule has 186 valence electrons. The molecule has 3 aromatic carbocycles. The Bertz CT molecular complexity index is 1590. The number of nitrogens with one attached hydrogen (secondary N) is 2. The number of H-pyrrole nitrogens is 1. The minimum atomic E-state index is -1.60. The Hall–Kier alpha value is -5.38. The highest BCUT2D eigenvalue weighted by molar-refractivity contribution is 6.14. The van der Waals surface area contributed by atoms with Crippen LogP contribution >= 0.6 is 0 Å². The predicted molar refractivity (Wildman–Crippen MR) is 133 cm³/mol. The first kappa shape index (κ1) is 24.7. The molecule has 6 N–H and O–H groups in total. The second-order valence-electron chi connectivity index (χ2n) is 8.18. The first-order chi connectivity index (χ1) is 17.6. The lowest BCUT2D eigenvalue weighted by Gasteiger charge is -2.14. The summed E-state index contributed by atoms with van der Waals surface area (Å²) in [6.07, 6.45) is 1.84. The van der Waals surface area contributed by atoms with Crippen LogP contribution in [-0.4, -0.2) is 49.2 Å². The first-order valence-corrected chi connectivity index (χ1v) is 10.8. The van der Waals surface area contributed by atoms with E-state index in [1.165, 1.54) is 12.1 Å². The number of aromatic amines is 1. The lowest BCUT2D eigenvalue weighted by atomic mass is 9.95. The van der Waals surface area contributed by atoms with E-state index < -0.39 is 46.3 Å². The second-order valence-corrected chi connectivity index (χ2v) is 8.18. The topological polar surface area (TPSA) is 177 Å². The molecule has 4 aromatic rings. The van der Waals surface area contributed by atoms with E-state index in [4.69, 9.17) is 5.11 Å². The molecule has 0 radical (unpaired) electrons. The summed E-state index contributed by atoms with van der Waals surface area (Å²) in [5.41, 5.74) is 1.71. The summed E-state index contributed by atoms with van der Waals surface area (Å²) in [5.74, 6) is -6.38. The molecule has 1 aromatic heterocycles. The lowest BCUT2D eigenvalue weighted by molar-refractivity contribution is 0.0679. The minimum Gasteiger partial charge on any atom is -0.507 e. The van der Waals surface area contributed by atoms with Crippen LogP contribution in [0.3, 0.4) is 0 Å². The van der Waals surface area contributed by atoms with Crippen molar-refractivity contribution in [2.75, 3.05) is 5.32 Å². The number of hydrogen-bond acceptors (Lipinski definition) is 5. The van der Waals surface area contributed by atoms with Crippen LogP contribution in [0.5, 0.6) is 5.75 Å². The van der Waals surface area contributed by atoms with Crippen LogP contribution in [0.15, 0.2) is 66.9 Å². The van der Waals surface area contributed by atoms with Crippen molar-refractivity contribution in [2.24, 2.45) is 0 Å². The van der Waals surface area contributed by atoms with Gasteiger partial charge in [0.25, 0.3) is 5.91 Å². The fourth-order valence-corrected chi connectivity index (χ4v) is 3.94. The van der Waals surface area contributed by atoms with Crippen LogP contribution in [0.1, 0.15) is 47.0 Å². The molecule has 0 aliphatic rings. The van der Waals surface area contributed by atoms with Crippen LogP contribution in [0, 0.1) is 6.92 Å². The summed E-state index contributed by atoms with van der Waals surface area (Å²) < 4.78 is 0. The average molecular weight is 500 g/mol. The predicted octanol–water partition coefficient (Wildman–Crippen LogP) is 4.71. The molecule has 4 rings (SSSR count). The third kappa shape index (κ3) is 4.89. The molecule has 0 atom stereocenters. The van der Waals surface area contributed by atoms with Crippen molar-refractivity contribution in [3.8, 4) is 28.1 Å². The fraction of sp³-hybridized carbons (Fsp3) is 0.0370. The Morgan fingerprint density at radius 1 is 0.730 bits per heavy atom. The van der Waals surface area contributed by atoms with Gasteiger partial charge in [-0.3, -0.25) is 4.79 Å². The summed E-state index contributed by atoms with van der Waals surface area (Å²) >= 11 is 0. The number of aromatic nitrogens is 1. The SMILES string of the molecule is Cc1c[nH]c(-c2ccccc2-c2ccc(C(=O)O)c(NC(=O)c3cc(O)c(C(=O)O)cc3C(=O)O)c2)c1. The maximum Gasteiger partial charge on any atom is 0.339 e. The van der Waals surface area contributed by atoms with Gasteiger partial charge in [-0.15, -0.1) is 0 Å². The number of anilines is 1. The smallest absolute Gasteiger partial charge is 0.339 e. The minimum absolute atomic E-state index is 0.120. The lowest BCUT2D eigenvalue weighted by Crippen LogP contribution is -2.19. The normalized spacial score (nSPS) is 10.6. The fourth-order valence-electron chi connectivity index (χ4n) is 3.94. The number of carboxylic acid groups (broad SMARTS) is 3. The Balaban J connectivity index is 1.80. The van der Waals surface area contributed by atoms with E-state index in [0.717, 1.165) is 28.5 Å². The number of carbonyl (C=O) groups is 4. The van der Waals surface area contributed by atoms with Crippen LogP contribution in [0.2, 0.25) is 0 Å². The third-order valence-electron chi connectivity index (χ3n) is 5.70. The molecule has 0 saturated carbocycles. The van der Waals surface area contributed by atoms with E-state index in [0.29, 0.717) is 11.6 Å². The second kappa shape index (κ2) is 9.70. The Morgan fingerprint density at radius 3 is 1.97 bits per heavy atom. The zero-order chi connectivity index (χ0) is 26.9. The summed E-state index contributed by atoms with van der Waals surface area (Å²) in [6, 6.07) is 15.1. The van der Waals surface area contributed by atoms with Gasteiger partial charge in [0.1, 0.15) is 11.3 Å². The molecule has 37 heavy (non-hydrogen) atoms. The molecule has 0 unspecified atom stereocenters. The largest absolute Gasteiger partial charge is 0.507 e. The zero-order valence-electron chi connectivity index (χ0n) is 19.3. The average Bonchev–Trinajstić information content (AvgIpc) is 3.29. The Labute approximate surface area is 209 Å². The van der Waals surface area contributed by atoms with Crippen LogP contribution in [0.25, 0.3) is 22.4 Å². The number of phenols is 1. The number of carboxylic acids is 3. The van der Waals surface area contributed by atoms with Crippen molar-refractivity contribution in [3.63, 3.8) is 0 Å². The van der Waals surface area contributed by atoms with Gasteiger partial charge in [-0.25, -0.2) is 14.4 Å². The summed E-state index contributed by atoms with van der Waals surface area (Å²) in [6.45, 7) is 1.93. The standard InChI is InChI=1S/C27H20N2O8/c1-13-8-21(28-12-13)16-5-3-2-4-15(16)14-6-7-17(25(32)33)22(9-14)29-24(31)18-11-23(30)20(27(36)37)10-19(18)26(34)35/h2-12,28,30H,1H3,(H,29,31)(H,32,33)(H,34,35)(H,36,37). The van der Waals surface area contributed by atoms with Gasteiger partial charge in [0.05, 0.1) is 22.4 Å². The van der Waals surface area contributed by atoms with Crippen molar-refractivity contribution in [2.45, 2.75) is 6.92 Å². The molecule has 10 heteroatoms. The molecule has 10 nitrogen and oxygen atoms in total. The molecule has 0 bridgehead atoms. The molecule has 0 fully saturated rings. The van der Waals surface area contributed by atoms with E-state index in [1.807, 2.05) is 43.5 Å². The van der Waals surface area contributed by atoms with Gasteiger partial charge in [0.15, 0.2) is 0 Å². The Kier molecular flexibility index (Phi) is 6.49. The molecule has 0 spiro atoms. The monoisotopic (exact) mass is 500 g/mol. The number of aromatic carboxylic acids is 3. The van der Waals surface area contributed by atoms with Gasteiger partial charge >= 0.3 is 17.9 Å². The molecule has 1 heterocycles. The first-order valence-electron chi connectivity index (χ1n) is 10.8. The van der Waals surface area contributed by atoms with Crippen LogP contribution in [-0.2, 0) is 0 Å². The van der Waals surface area contributed by atoms with Crippen LogP contribution < -0.4 is 5.32 Å². The Morgan fingerprint density at radius 2 is 1.38 bits per heavy atom. The van der Waals surface area contributed by atoms with Gasteiger partial charge < -0.3 is 30.7 Å². The molecule has 1 amide bonds. The highest BCUT2D eigenvalue weighted by Gasteiger charge is 2.24. The van der Waals surface area contributed by atoms with Crippen molar-refractivity contribution in [1.29, 1.82) is 0 Å². The van der Waals surface area contributed by atoms with E-state index in [1.54, 1.807) is 6.07 Å². The number of hydrogen-bond donors (Lipinski definition) is 6. The van der Waals surface area contributed by atoms with Gasteiger partial charge in [-0.1, -0.05) is 30.3 Å². The maximum atomic E-state index is 13.1. The molecule has 0 aliphatic heterocycles. The number of benzene rings is 3. The van der Waals surface area contributed by atoms with Gasteiger partial charge in [-0.2, -0.15) is 0 Å². The number of amides is 1. The highest BCUT2D eigenvalue weighted by Crippen LogP contribution is 2.34. The summed E-state index contributed by atoms with van der Waals surface area (Å²) in [7, 11) is 0. The zero-order valence-corrected chi connectivity index (χ0v) is 19.3.